The summed E-state index contributed by atoms with van der Waals surface area (Å²) in [5.41, 5.74) is 1.40. The van der Waals surface area contributed by atoms with Crippen LogP contribution < -0.4 is 5.32 Å². The van der Waals surface area contributed by atoms with E-state index in [0.29, 0.717) is 0 Å². The number of benzene rings is 1. The molecular weight excluding hydrogens is 298 g/mol. The van der Waals surface area contributed by atoms with Crippen molar-refractivity contribution in [2.45, 2.75) is 44.7 Å². The maximum Gasteiger partial charge on any atom is 0.0220 e. The number of hydrogen-bond donors (Lipinski definition) is 1. The molecule has 1 N–H and O–H groups in total. The zero-order valence-corrected chi connectivity index (χ0v) is 12.9. The summed E-state index contributed by atoms with van der Waals surface area (Å²) >= 11 is 3.66. The molecule has 4 aliphatic rings. The SMILES string of the molecule is Brc1ccccc1CNC1C2CC3CC(C2)CC1C3. The second-order valence-electron chi connectivity index (χ2n) is 6.93. The average molecular weight is 320 g/mol. The Labute approximate surface area is 124 Å². The van der Waals surface area contributed by atoms with Gasteiger partial charge in [-0.05, 0) is 67.4 Å². The van der Waals surface area contributed by atoms with Crippen LogP contribution in [0.15, 0.2) is 28.7 Å². The van der Waals surface area contributed by atoms with E-state index in [1.54, 1.807) is 6.42 Å². The Morgan fingerprint density at radius 3 is 2.21 bits per heavy atom. The third-order valence-corrected chi connectivity index (χ3v) is 6.49. The topological polar surface area (TPSA) is 12.0 Å². The van der Waals surface area contributed by atoms with Gasteiger partial charge < -0.3 is 5.32 Å². The highest BCUT2D eigenvalue weighted by molar-refractivity contribution is 9.10. The van der Waals surface area contributed by atoms with Crippen molar-refractivity contribution in [2.24, 2.45) is 23.7 Å². The summed E-state index contributed by atoms with van der Waals surface area (Å²) in [6.07, 6.45) is 7.55. The summed E-state index contributed by atoms with van der Waals surface area (Å²) in [7, 11) is 0. The number of nitrogens with one attached hydrogen (secondary N) is 1. The smallest absolute Gasteiger partial charge is 0.0220 e. The van der Waals surface area contributed by atoms with Crippen molar-refractivity contribution in [3.63, 3.8) is 0 Å². The van der Waals surface area contributed by atoms with Gasteiger partial charge in [-0.15, -0.1) is 0 Å². The molecule has 5 rings (SSSR count). The van der Waals surface area contributed by atoms with Crippen LogP contribution in [-0.4, -0.2) is 6.04 Å². The minimum absolute atomic E-state index is 0.792. The molecule has 4 bridgehead atoms. The van der Waals surface area contributed by atoms with Gasteiger partial charge in [0.25, 0.3) is 0 Å². The van der Waals surface area contributed by atoms with E-state index in [-0.39, 0.29) is 0 Å². The van der Waals surface area contributed by atoms with Crippen LogP contribution in [0.5, 0.6) is 0 Å². The average Bonchev–Trinajstić information content (AvgIpc) is 2.39. The summed E-state index contributed by atoms with van der Waals surface area (Å²) in [5, 5.41) is 3.89. The lowest BCUT2D eigenvalue weighted by molar-refractivity contribution is -0.0142. The lowest BCUT2D eigenvalue weighted by atomic mass is 9.54. The molecule has 0 radical (unpaired) electrons. The second-order valence-corrected chi connectivity index (χ2v) is 7.78. The summed E-state index contributed by atoms with van der Waals surface area (Å²) in [4.78, 5) is 0. The fourth-order valence-electron chi connectivity index (χ4n) is 5.13. The first-order chi connectivity index (χ1) is 9.29. The molecule has 1 nitrogen and oxygen atoms in total. The Morgan fingerprint density at radius 2 is 1.58 bits per heavy atom. The summed E-state index contributed by atoms with van der Waals surface area (Å²) in [6, 6.07) is 9.40. The maximum atomic E-state index is 3.89. The third-order valence-electron chi connectivity index (χ3n) is 5.71. The van der Waals surface area contributed by atoms with Crippen LogP contribution in [0.4, 0.5) is 0 Å². The molecule has 0 amide bonds. The van der Waals surface area contributed by atoms with E-state index in [2.05, 4.69) is 45.5 Å². The molecule has 0 saturated heterocycles. The standard InChI is InChI=1S/C17H22BrN/c18-16-4-2-1-3-13(16)10-19-17-14-6-11-5-12(8-14)9-15(17)7-11/h1-4,11-12,14-15,17,19H,5-10H2. The first-order valence-corrected chi connectivity index (χ1v) is 8.55. The zero-order valence-electron chi connectivity index (χ0n) is 11.3. The molecule has 0 aliphatic heterocycles. The maximum absolute atomic E-state index is 3.89. The molecule has 1 aromatic rings. The highest BCUT2D eigenvalue weighted by Crippen LogP contribution is 2.53. The molecule has 0 atom stereocenters. The molecule has 0 heterocycles. The van der Waals surface area contributed by atoms with Crippen LogP contribution in [-0.2, 0) is 6.54 Å². The Hall–Kier alpha value is -0.340. The molecule has 1 aromatic carbocycles. The minimum Gasteiger partial charge on any atom is -0.309 e. The van der Waals surface area contributed by atoms with Crippen LogP contribution in [0.25, 0.3) is 0 Å². The van der Waals surface area contributed by atoms with Gasteiger partial charge in [0.1, 0.15) is 0 Å². The Balaban J connectivity index is 1.45. The summed E-state index contributed by atoms with van der Waals surface area (Å²) in [5.74, 6) is 4.09. The molecule has 0 unspecified atom stereocenters. The monoisotopic (exact) mass is 319 g/mol. The van der Waals surface area contributed by atoms with Crippen molar-refractivity contribution >= 4 is 15.9 Å². The van der Waals surface area contributed by atoms with E-state index in [0.717, 1.165) is 36.3 Å². The van der Waals surface area contributed by atoms with Crippen LogP contribution >= 0.6 is 15.9 Å². The van der Waals surface area contributed by atoms with Crippen molar-refractivity contribution in [2.75, 3.05) is 0 Å². The largest absolute Gasteiger partial charge is 0.309 e. The Bertz CT molecular complexity index is 442. The predicted octanol–water partition coefficient (Wildman–Crippen LogP) is 4.36. The highest BCUT2D eigenvalue weighted by Gasteiger charge is 2.47. The van der Waals surface area contributed by atoms with E-state index in [9.17, 15) is 0 Å². The van der Waals surface area contributed by atoms with Crippen LogP contribution in [0.3, 0.4) is 0 Å². The van der Waals surface area contributed by atoms with Crippen molar-refractivity contribution < 1.29 is 0 Å². The van der Waals surface area contributed by atoms with E-state index < -0.39 is 0 Å². The molecule has 19 heavy (non-hydrogen) atoms. The first-order valence-electron chi connectivity index (χ1n) is 7.76. The molecule has 102 valence electrons. The fraction of sp³-hybridized carbons (Fsp3) is 0.647. The molecule has 4 fully saturated rings. The predicted molar refractivity (Wildman–Crippen MR) is 81.8 cm³/mol. The van der Waals surface area contributed by atoms with Crippen LogP contribution in [0, 0.1) is 23.7 Å². The van der Waals surface area contributed by atoms with Gasteiger partial charge in [-0.25, -0.2) is 0 Å². The van der Waals surface area contributed by atoms with Gasteiger partial charge in [-0.3, -0.25) is 0 Å². The van der Waals surface area contributed by atoms with Gasteiger partial charge in [-0.1, -0.05) is 34.1 Å². The van der Waals surface area contributed by atoms with Crippen LogP contribution in [0.1, 0.15) is 37.7 Å². The van der Waals surface area contributed by atoms with Gasteiger partial charge in [0.15, 0.2) is 0 Å². The zero-order chi connectivity index (χ0) is 12.8. The van der Waals surface area contributed by atoms with E-state index in [4.69, 9.17) is 0 Å². The van der Waals surface area contributed by atoms with Gasteiger partial charge >= 0.3 is 0 Å². The van der Waals surface area contributed by atoms with Gasteiger partial charge in [0.2, 0.25) is 0 Å². The number of rotatable bonds is 3. The van der Waals surface area contributed by atoms with E-state index in [1.165, 1.54) is 35.7 Å². The molecule has 4 saturated carbocycles. The summed E-state index contributed by atoms with van der Waals surface area (Å²) < 4.78 is 1.24. The first kappa shape index (κ1) is 12.4. The lowest BCUT2D eigenvalue weighted by Gasteiger charge is -2.54. The molecule has 4 aliphatic carbocycles. The van der Waals surface area contributed by atoms with Crippen LogP contribution in [0.2, 0.25) is 0 Å². The van der Waals surface area contributed by atoms with Crippen molar-refractivity contribution in [1.29, 1.82) is 0 Å². The fourth-order valence-corrected chi connectivity index (χ4v) is 5.55. The summed E-state index contributed by atoms with van der Waals surface area (Å²) in [6.45, 7) is 1.02. The van der Waals surface area contributed by atoms with Crippen molar-refractivity contribution in [3.8, 4) is 0 Å². The molecule has 0 spiro atoms. The van der Waals surface area contributed by atoms with E-state index >= 15 is 0 Å². The normalized spacial score (nSPS) is 39.7. The minimum atomic E-state index is 0.792. The quantitative estimate of drug-likeness (QED) is 0.872. The van der Waals surface area contributed by atoms with E-state index in [1.807, 2.05) is 0 Å². The Morgan fingerprint density at radius 1 is 0.947 bits per heavy atom. The van der Waals surface area contributed by atoms with Crippen molar-refractivity contribution in [3.05, 3.63) is 34.3 Å². The molecular formula is C17H22BrN. The second kappa shape index (κ2) is 4.89. The lowest BCUT2D eigenvalue weighted by Crippen LogP contribution is -2.54. The number of halogens is 1. The highest BCUT2D eigenvalue weighted by atomic mass is 79.9. The van der Waals surface area contributed by atoms with Crippen molar-refractivity contribution in [1.82, 2.24) is 5.32 Å². The number of hydrogen-bond acceptors (Lipinski definition) is 1. The molecule has 2 heteroatoms. The Kier molecular flexibility index (Phi) is 3.19. The molecule has 0 aromatic heterocycles. The van der Waals surface area contributed by atoms with Gasteiger partial charge in [0, 0.05) is 17.1 Å². The van der Waals surface area contributed by atoms with Gasteiger partial charge in [0.05, 0.1) is 0 Å². The third kappa shape index (κ3) is 2.27. The van der Waals surface area contributed by atoms with Gasteiger partial charge in [-0.2, -0.15) is 0 Å².